The molecule has 35 heavy (non-hydrogen) atoms. The van der Waals surface area contributed by atoms with Crippen LogP contribution < -0.4 is 14.9 Å². The van der Waals surface area contributed by atoms with Crippen molar-refractivity contribution in [1.82, 2.24) is 5.43 Å². The first kappa shape index (κ1) is 23.5. The third-order valence-corrected chi connectivity index (χ3v) is 5.39. The number of benzene rings is 4. The second kappa shape index (κ2) is 11.5. The Hall–Kier alpha value is -4.63. The van der Waals surface area contributed by atoms with E-state index in [4.69, 9.17) is 14.7 Å². The summed E-state index contributed by atoms with van der Waals surface area (Å²) in [4.78, 5) is 12.4. The van der Waals surface area contributed by atoms with E-state index in [0.717, 1.165) is 33.2 Å². The van der Waals surface area contributed by atoms with Gasteiger partial charge in [-0.1, -0.05) is 54.6 Å². The van der Waals surface area contributed by atoms with E-state index in [2.05, 4.69) is 16.6 Å². The maximum Gasteiger partial charge on any atom is 0.244 e. The summed E-state index contributed by atoms with van der Waals surface area (Å²) in [5, 5.41) is 15.2. The molecule has 0 saturated heterocycles. The maximum absolute atomic E-state index is 12.4. The lowest BCUT2D eigenvalue weighted by atomic mass is 10.0. The fourth-order valence-corrected chi connectivity index (χ4v) is 3.64. The Labute approximate surface area is 204 Å². The zero-order chi connectivity index (χ0) is 24.5. The predicted octanol–water partition coefficient (Wildman–Crippen LogP) is 5.38. The number of fused-ring (bicyclic) bond motifs is 1. The summed E-state index contributed by atoms with van der Waals surface area (Å²) in [6, 6.07) is 28.6. The lowest BCUT2D eigenvalue weighted by Crippen LogP contribution is -2.19. The third-order valence-electron chi connectivity index (χ3n) is 5.39. The van der Waals surface area contributed by atoms with Crippen LogP contribution >= 0.6 is 0 Å². The monoisotopic (exact) mass is 463 g/mol. The van der Waals surface area contributed by atoms with Gasteiger partial charge in [-0.15, -0.1) is 0 Å². The molecular formula is C29H25N3O3. The van der Waals surface area contributed by atoms with Crippen LogP contribution in [0.2, 0.25) is 0 Å². The van der Waals surface area contributed by atoms with Crippen molar-refractivity contribution >= 4 is 22.9 Å². The van der Waals surface area contributed by atoms with Crippen molar-refractivity contribution in [1.29, 1.82) is 5.26 Å². The van der Waals surface area contributed by atoms with Crippen LogP contribution in [0.3, 0.4) is 0 Å². The minimum absolute atomic E-state index is 0.210. The molecule has 0 saturated carbocycles. The average Bonchev–Trinajstić information content (AvgIpc) is 2.89. The second-order valence-corrected chi connectivity index (χ2v) is 7.84. The molecule has 0 atom stereocenters. The van der Waals surface area contributed by atoms with Crippen molar-refractivity contribution in [3.63, 3.8) is 0 Å². The Bertz CT molecular complexity index is 1370. The van der Waals surface area contributed by atoms with Crippen molar-refractivity contribution in [2.24, 2.45) is 5.10 Å². The highest BCUT2D eigenvalue weighted by Crippen LogP contribution is 2.27. The van der Waals surface area contributed by atoms with E-state index in [-0.39, 0.29) is 12.3 Å². The molecule has 0 fully saturated rings. The summed E-state index contributed by atoms with van der Waals surface area (Å²) >= 11 is 0. The van der Waals surface area contributed by atoms with Crippen molar-refractivity contribution in [3.05, 3.63) is 107 Å². The topological polar surface area (TPSA) is 83.7 Å². The van der Waals surface area contributed by atoms with E-state index >= 15 is 0 Å². The van der Waals surface area contributed by atoms with Gasteiger partial charge in [0.15, 0.2) is 0 Å². The number of hydrogen-bond donors (Lipinski definition) is 1. The standard InChI is InChI=1S/C29H25N3O3/c1-2-34-25-14-11-21(12-15-25)17-29(33)32-31-19-27-26-6-4-3-5-24(26)13-16-28(27)35-20-23-9-7-22(18-30)8-10-23/h3-16,19H,2,17,20H2,1H3,(H,32,33)/b31-19-. The van der Waals surface area contributed by atoms with E-state index in [1.165, 1.54) is 0 Å². The summed E-state index contributed by atoms with van der Waals surface area (Å²) in [5.41, 5.74) is 5.81. The maximum atomic E-state index is 12.4. The number of amides is 1. The van der Waals surface area contributed by atoms with Crippen LogP contribution in [0.4, 0.5) is 0 Å². The number of carbonyl (C=O) groups excluding carboxylic acids is 1. The van der Waals surface area contributed by atoms with Crippen LogP contribution in [-0.4, -0.2) is 18.7 Å². The first-order valence-corrected chi connectivity index (χ1v) is 11.3. The predicted molar refractivity (Wildman–Crippen MR) is 136 cm³/mol. The van der Waals surface area contributed by atoms with E-state index in [9.17, 15) is 4.79 Å². The largest absolute Gasteiger partial charge is 0.494 e. The van der Waals surface area contributed by atoms with Gasteiger partial charge in [0, 0.05) is 5.56 Å². The highest BCUT2D eigenvalue weighted by molar-refractivity contribution is 6.02. The molecule has 0 heterocycles. The number of hydrogen-bond acceptors (Lipinski definition) is 5. The molecule has 1 N–H and O–H groups in total. The Kier molecular flexibility index (Phi) is 7.72. The number of carbonyl (C=O) groups is 1. The van der Waals surface area contributed by atoms with Crippen molar-refractivity contribution in [2.75, 3.05) is 6.61 Å². The van der Waals surface area contributed by atoms with Gasteiger partial charge in [-0.25, -0.2) is 5.43 Å². The minimum atomic E-state index is -0.217. The molecule has 0 unspecified atom stereocenters. The zero-order valence-corrected chi connectivity index (χ0v) is 19.4. The van der Waals surface area contributed by atoms with Gasteiger partial charge in [-0.05, 0) is 59.2 Å². The molecule has 0 aliphatic rings. The molecule has 0 radical (unpaired) electrons. The van der Waals surface area contributed by atoms with Crippen molar-refractivity contribution in [3.8, 4) is 17.6 Å². The van der Waals surface area contributed by atoms with E-state index in [1.807, 2.05) is 79.7 Å². The molecule has 0 bridgehead atoms. The number of nitriles is 1. The lowest BCUT2D eigenvalue weighted by molar-refractivity contribution is -0.120. The molecule has 0 aliphatic carbocycles. The molecular weight excluding hydrogens is 438 g/mol. The molecule has 6 heteroatoms. The summed E-state index contributed by atoms with van der Waals surface area (Å²) in [6.07, 6.45) is 1.83. The highest BCUT2D eigenvalue weighted by atomic mass is 16.5. The summed E-state index contributed by atoms with van der Waals surface area (Å²) in [6.45, 7) is 2.87. The SMILES string of the molecule is CCOc1ccc(CC(=O)N/N=C\c2c(OCc3ccc(C#N)cc3)ccc3ccccc23)cc1. The minimum Gasteiger partial charge on any atom is -0.494 e. The highest BCUT2D eigenvalue weighted by Gasteiger charge is 2.09. The summed E-state index contributed by atoms with van der Waals surface area (Å²) < 4.78 is 11.5. The Balaban J connectivity index is 1.47. The molecule has 4 aromatic rings. The molecule has 4 rings (SSSR count). The zero-order valence-electron chi connectivity index (χ0n) is 19.4. The number of nitrogens with one attached hydrogen (secondary N) is 1. The first-order valence-electron chi connectivity index (χ1n) is 11.3. The Morgan fingerprint density at radius 2 is 1.69 bits per heavy atom. The quantitative estimate of drug-likeness (QED) is 0.267. The average molecular weight is 464 g/mol. The molecule has 0 aliphatic heterocycles. The van der Waals surface area contributed by atoms with E-state index in [0.29, 0.717) is 24.5 Å². The Morgan fingerprint density at radius 1 is 0.943 bits per heavy atom. The molecule has 0 aromatic heterocycles. The Morgan fingerprint density at radius 3 is 2.43 bits per heavy atom. The first-order chi connectivity index (χ1) is 17.2. The lowest BCUT2D eigenvalue weighted by Gasteiger charge is -2.12. The van der Waals surface area contributed by atoms with Crippen LogP contribution in [0, 0.1) is 11.3 Å². The van der Waals surface area contributed by atoms with Gasteiger partial charge in [-0.2, -0.15) is 10.4 Å². The molecule has 0 spiro atoms. The number of rotatable bonds is 9. The van der Waals surface area contributed by atoms with Crippen LogP contribution in [0.15, 0.2) is 90.0 Å². The third kappa shape index (κ3) is 6.24. The summed E-state index contributed by atoms with van der Waals surface area (Å²) in [7, 11) is 0. The molecule has 6 nitrogen and oxygen atoms in total. The van der Waals surface area contributed by atoms with Gasteiger partial charge in [0.1, 0.15) is 18.1 Å². The van der Waals surface area contributed by atoms with Gasteiger partial charge in [0.05, 0.1) is 30.9 Å². The van der Waals surface area contributed by atoms with Crippen LogP contribution in [0.25, 0.3) is 10.8 Å². The number of ether oxygens (including phenoxy) is 2. The molecule has 1 amide bonds. The molecule has 4 aromatic carbocycles. The number of hydrazone groups is 1. The van der Waals surface area contributed by atoms with E-state index < -0.39 is 0 Å². The van der Waals surface area contributed by atoms with Crippen LogP contribution in [-0.2, 0) is 17.8 Å². The van der Waals surface area contributed by atoms with Gasteiger partial charge in [-0.3, -0.25) is 4.79 Å². The number of nitrogens with zero attached hydrogens (tertiary/aromatic N) is 2. The van der Waals surface area contributed by atoms with Gasteiger partial charge in [0.25, 0.3) is 0 Å². The van der Waals surface area contributed by atoms with Crippen LogP contribution in [0.5, 0.6) is 11.5 Å². The normalized spacial score (nSPS) is 10.7. The smallest absolute Gasteiger partial charge is 0.244 e. The van der Waals surface area contributed by atoms with Gasteiger partial charge < -0.3 is 9.47 Å². The van der Waals surface area contributed by atoms with Gasteiger partial charge >= 0.3 is 0 Å². The summed E-state index contributed by atoms with van der Waals surface area (Å²) in [5.74, 6) is 1.21. The second-order valence-electron chi connectivity index (χ2n) is 7.84. The van der Waals surface area contributed by atoms with Gasteiger partial charge in [0.2, 0.25) is 5.91 Å². The molecule has 174 valence electrons. The van der Waals surface area contributed by atoms with Crippen molar-refractivity contribution < 1.29 is 14.3 Å². The fourth-order valence-electron chi connectivity index (χ4n) is 3.64. The fraction of sp³-hybridized carbons (Fsp3) is 0.138. The van der Waals surface area contributed by atoms with E-state index in [1.54, 1.807) is 18.3 Å². The van der Waals surface area contributed by atoms with Crippen molar-refractivity contribution in [2.45, 2.75) is 20.0 Å². The van der Waals surface area contributed by atoms with Crippen LogP contribution in [0.1, 0.15) is 29.2 Å².